The molecule has 2 aliphatic heterocycles. The van der Waals surface area contributed by atoms with Gasteiger partial charge in [0.2, 0.25) is 10.0 Å². The number of anilines is 1. The summed E-state index contributed by atoms with van der Waals surface area (Å²) in [6.07, 6.45) is 1.21. The van der Waals surface area contributed by atoms with Gasteiger partial charge in [0.15, 0.2) is 0 Å². The van der Waals surface area contributed by atoms with Crippen molar-refractivity contribution in [1.82, 2.24) is 4.90 Å². The molecular weight excluding hydrogens is 364 g/mol. The Morgan fingerprint density at radius 1 is 1.27 bits per heavy atom. The van der Waals surface area contributed by atoms with Crippen LogP contribution in [0.25, 0.3) is 0 Å². The number of carbonyl (C=O) groups excluding carboxylic acids is 1. The van der Waals surface area contributed by atoms with Crippen molar-refractivity contribution in [3.05, 3.63) is 28.3 Å². The lowest BCUT2D eigenvalue weighted by Crippen LogP contribution is -2.51. The maximum absolute atomic E-state index is 12.4. The number of amides is 1. The predicted molar refractivity (Wildman–Crippen MR) is 92.2 cm³/mol. The number of nitro benzene ring substituents is 1. The highest BCUT2D eigenvalue weighted by Gasteiger charge is 2.32. The fourth-order valence-corrected chi connectivity index (χ4v) is 3.77. The third-order valence-corrected chi connectivity index (χ3v) is 5.52. The first-order chi connectivity index (χ1) is 12.3. The van der Waals surface area contributed by atoms with Gasteiger partial charge in [0, 0.05) is 38.9 Å². The molecule has 10 nitrogen and oxygen atoms in total. The van der Waals surface area contributed by atoms with E-state index >= 15 is 0 Å². The zero-order valence-electron chi connectivity index (χ0n) is 14.0. The number of piperazine rings is 1. The van der Waals surface area contributed by atoms with Gasteiger partial charge in [-0.1, -0.05) is 0 Å². The molecule has 2 N–H and O–H groups in total. The van der Waals surface area contributed by atoms with Crippen molar-refractivity contribution in [2.24, 2.45) is 5.14 Å². The van der Waals surface area contributed by atoms with E-state index < -0.39 is 14.9 Å². The minimum Gasteiger partial charge on any atom is -0.368 e. The van der Waals surface area contributed by atoms with Crippen molar-refractivity contribution in [3.8, 4) is 0 Å². The minimum absolute atomic E-state index is 0.0405. The monoisotopic (exact) mass is 384 g/mol. The van der Waals surface area contributed by atoms with Gasteiger partial charge in [0.05, 0.1) is 9.82 Å². The van der Waals surface area contributed by atoms with Gasteiger partial charge in [-0.25, -0.2) is 13.6 Å². The van der Waals surface area contributed by atoms with Crippen LogP contribution in [0.5, 0.6) is 0 Å². The van der Waals surface area contributed by atoms with Gasteiger partial charge in [0.25, 0.3) is 11.6 Å². The van der Waals surface area contributed by atoms with E-state index in [0.717, 1.165) is 18.9 Å². The molecule has 0 aliphatic carbocycles. The number of nitrogens with two attached hydrogens (primary N) is 1. The van der Waals surface area contributed by atoms with Gasteiger partial charge in [0.1, 0.15) is 11.8 Å². The van der Waals surface area contributed by atoms with E-state index in [0.29, 0.717) is 38.5 Å². The molecule has 0 bridgehead atoms. The quantitative estimate of drug-likeness (QED) is 0.573. The van der Waals surface area contributed by atoms with Crippen LogP contribution in [0.2, 0.25) is 0 Å². The molecule has 11 heteroatoms. The molecular formula is C15H20N4O6S. The maximum atomic E-state index is 12.4. The third-order valence-electron chi connectivity index (χ3n) is 4.61. The van der Waals surface area contributed by atoms with Crippen molar-refractivity contribution >= 4 is 27.3 Å². The number of primary sulfonamides is 1. The second-order valence-electron chi connectivity index (χ2n) is 6.27. The van der Waals surface area contributed by atoms with E-state index in [4.69, 9.17) is 9.88 Å². The maximum Gasteiger partial charge on any atom is 0.293 e. The van der Waals surface area contributed by atoms with Crippen LogP contribution in [0, 0.1) is 10.1 Å². The fourth-order valence-electron chi connectivity index (χ4n) is 3.24. The van der Waals surface area contributed by atoms with Crippen molar-refractivity contribution in [2.45, 2.75) is 23.8 Å². The number of hydrogen-bond acceptors (Lipinski definition) is 7. The number of sulfonamides is 1. The molecule has 1 unspecified atom stereocenters. The Bertz CT molecular complexity index is 813. The van der Waals surface area contributed by atoms with Crippen molar-refractivity contribution in [2.75, 3.05) is 37.7 Å². The van der Waals surface area contributed by atoms with Gasteiger partial charge in [-0.05, 0) is 25.0 Å². The van der Waals surface area contributed by atoms with Gasteiger partial charge in [-0.2, -0.15) is 0 Å². The first kappa shape index (κ1) is 18.5. The molecule has 0 spiro atoms. The van der Waals surface area contributed by atoms with Gasteiger partial charge < -0.3 is 14.5 Å². The van der Waals surface area contributed by atoms with Crippen LogP contribution in [-0.2, 0) is 19.6 Å². The molecule has 26 heavy (non-hydrogen) atoms. The van der Waals surface area contributed by atoms with Crippen LogP contribution >= 0.6 is 0 Å². The van der Waals surface area contributed by atoms with Crippen LogP contribution in [0.4, 0.5) is 11.4 Å². The number of nitro groups is 1. The largest absolute Gasteiger partial charge is 0.368 e. The second-order valence-corrected chi connectivity index (χ2v) is 7.83. The molecule has 0 radical (unpaired) electrons. The Balaban J connectivity index is 1.74. The molecule has 1 aromatic carbocycles. The Morgan fingerprint density at radius 3 is 2.50 bits per heavy atom. The summed E-state index contributed by atoms with van der Waals surface area (Å²) >= 11 is 0. The Morgan fingerprint density at radius 2 is 1.96 bits per heavy atom. The summed E-state index contributed by atoms with van der Waals surface area (Å²) in [5.41, 5.74) is -0.0120. The number of hydrogen-bond donors (Lipinski definition) is 1. The molecule has 2 heterocycles. The molecule has 142 valence electrons. The smallest absolute Gasteiger partial charge is 0.293 e. The van der Waals surface area contributed by atoms with Crippen LogP contribution in [0.15, 0.2) is 23.1 Å². The normalized spacial score (nSPS) is 21.0. The summed E-state index contributed by atoms with van der Waals surface area (Å²) in [7, 11) is -4.03. The third kappa shape index (κ3) is 3.79. The van der Waals surface area contributed by atoms with Gasteiger partial charge >= 0.3 is 0 Å². The number of ether oxygens (including phenoxy) is 1. The number of rotatable bonds is 4. The molecule has 2 saturated heterocycles. The topological polar surface area (TPSA) is 136 Å². The lowest BCUT2D eigenvalue weighted by Gasteiger charge is -2.36. The molecule has 1 atom stereocenters. The van der Waals surface area contributed by atoms with E-state index in [1.807, 2.05) is 0 Å². The number of benzene rings is 1. The summed E-state index contributed by atoms with van der Waals surface area (Å²) in [5, 5.41) is 16.4. The van der Waals surface area contributed by atoms with E-state index in [-0.39, 0.29) is 22.6 Å². The SMILES string of the molecule is NS(=O)(=O)c1ccc(N2CCN(C(=O)C3CCCO3)CC2)c([N+](=O)[O-])c1. The molecule has 0 saturated carbocycles. The van der Waals surface area contributed by atoms with E-state index in [2.05, 4.69) is 0 Å². The molecule has 1 amide bonds. The average molecular weight is 384 g/mol. The Kier molecular flexibility index (Phi) is 5.12. The highest BCUT2D eigenvalue weighted by Crippen LogP contribution is 2.31. The average Bonchev–Trinajstić information content (AvgIpc) is 3.14. The second kappa shape index (κ2) is 7.17. The zero-order valence-corrected chi connectivity index (χ0v) is 14.9. The lowest BCUT2D eigenvalue weighted by molar-refractivity contribution is -0.384. The fraction of sp³-hybridized carbons (Fsp3) is 0.533. The molecule has 1 aromatic rings. The first-order valence-corrected chi connectivity index (χ1v) is 9.78. The minimum atomic E-state index is -4.03. The summed E-state index contributed by atoms with van der Waals surface area (Å²) in [4.78, 5) is 26.3. The Hall–Kier alpha value is -2.24. The van der Waals surface area contributed by atoms with Gasteiger partial charge in [-0.15, -0.1) is 0 Å². The summed E-state index contributed by atoms with van der Waals surface area (Å²) < 4.78 is 28.3. The molecule has 3 rings (SSSR count). The lowest BCUT2D eigenvalue weighted by atomic mass is 10.2. The number of carbonyl (C=O) groups is 1. The van der Waals surface area contributed by atoms with Crippen molar-refractivity contribution in [3.63, 3.8) is 0 Å². The first-order valence-electron chi connectivity index (χ1n) is 8.24. The van der Waals surface area contributed by atoms with Gasteiger partial charge in [-0.3, -0.25) is 14.9 Å². The zero-order chi connectivity index (χ0) is 18.9. The predicted octanol–water partition coefficient (Wildman–Crippen LogP) is 0.0698. The van der Waals surface area contributed by atoms with E-state index in [9.17, 15) is 23.3 Å². The summed E-state index contributed by atoms with van der Waals surface area (Å²) in [6, 6.07) is 3.60. The molecule has 2 fully saturated rings. The molecule has 0 aromatic heterocycles. The van der Waals surface area contributed by atoms with E-state index in [1.165, 1.54) is 12.1 Å². The molecule has 2 aliphatic rings. The van der Waals surface area contributed by atoms with Crippen LogP contribution in [0.3, 0.4) is 0 Å². The standard InChI is InChI=1S/C15H20N4O6S/c16-26(23,24)11-3-4-12(13(10-11)19(21)22)17-5-7-18(8-6-17)15(20)14-2-1-9-25-14/h3-4,10,14H,1-2,5-9H2,(H2,16,23,24). The van der Waals surface area contributed by atoms with Crippen LogP contribution in [0.1, 0.15) is 12.8 Å². The highest BCUT2D eigenvalue weighted by atomic mass is 32.2. The highest BCUT2D eigenvalue weighted by molar-refractivity contribution is 7.89. The summed E-state index contributed by atoms with van der Waals surface area (Å²) in [5.74, 6) is -0.0405. The van der Waals surface area contributed by atoms with Crippen molar-refractivity contribution < 1.29 is 22.9 Å². The van der Waals surface area contributed by atoms with Crippen molar-refractivity contribution in [1.29, 1.82) is 0 Å². The Labute approximate surface area is 150 Å². The summed E-state index contributed by atoms with van der Waals surface area (Å²) in [6.45, 7) is 2.26. The van der Waals surface area contributed by atoms with Crippen LogP contribution in [-0.4, -0.2) is 63.0 Å². The number of nitrogens with zero attached hydrogens (tertiary/aromatic N) is 3. The van der Waals surface area contributed by atoms with E-state index in [1.54, 1.807) is 9.80 Å². The van der Waals surface area contributed by atoms with Crippen LogP contribution < -0.4 is 10.0 Å².